The number of benzene rings is 1. The molecule has 4 bridgehead atoms. The lowest BCUT2D eigenvalue weighted by Gasteiger charge is -2.57. The molecule has 4 saturated carbocycles. The first-order chi connectivity index (χ1) is 14.0. The van der Waals surface area contributed by atoms with Crippen molar-refractivity contribution < 1.29 is 21.6 Å². The monoisotopic (exact) mass is 454 g/mol. The van der Waals surface area contributed by atoms with E-state index in [1.807, 2.05) is 0 Å². The van der Waals surface area contributed by atoms with E-state index in [-0.39, 0.29) is 22.6 Å². The van der Waals surface area contributed by atoms with Crippen LogP contribution in [0.3, 0.4) is 0 Å². The summed E-state index contributed by atoms with van der Waals surface area (Å²) in [6.07, 6.45) is 7.50. The van der Waals surface area contributed by atoms with Gasteiger partial charge in [-0.05, 0) is 74.8 Å². The van der Waals surface area contributed by atoms with Crippen molar-refractivity contribution in [1.29, 1.82) is 0 Å². The number of sulfone groups is 1. The van der Waals surface area contributed by atoms with Gasteiger partial charge in [-0.1, -0.05) is 18.2 Å². The molecule has 1 aromatic carbocycles. The molecule has 9 heteroatoms. The Morgan fingerprint density at radius 2 is 1.53 bits per heavy atom. The highest BCUT2D eigenvalue weighted by molar-refractivity contribution is 7.90. The van der Waals surface area contributed by atoms with Gasteiger partial charge in [-0.2, -0.15) is 4.72 Å². The van der Waals surface area contributed by atoms with Crippen molar-refractivity contribution >= 4 is 25.8 Å². The molecule has 5 rings (SSSR count). The Morgan fingerprint density at radius 1 is 1.00 bits per heavy atom. The number of hydrogen-bond donors (Lipinski definition) is 2. The number of sulfonamides is 1. The minimum Gasteiger partial charge on any atom is -0.349 e. The first-order valence-electron chi connectivity index (χ1n) is 10.6. The SMILES string of the molecule is CS(=O)(=O)CC[C@H](NS(=O)(=O)c1ccccc1)C(=O)NC12CC3CC(CC(C3)C1)C2. The zero-order valence-electron chi connectivity index (χ0n) is 17.2. The molecular weight excluding hydrogens is 424 g/mol. The fourth-order valence-corrected chi connectivity index (χ4v) is 7.96. The van der Waals surface area contributed by atoms with Crippen molar-refractivity contribution in [3.63, 3.8) is 0 Å². The quantitative estimate of drug-likeness (QED) is 0.623. The van der Waals surface area contributed by atoms with Gasteiger partial charge >= 0.3 is 0 Å². The van der Waals surface area contributed by atoms with Crippen LogP contribution < -0.4 is 10.0 Å². The molecule has 7 nitrogen and oxygen atoms in total. The van der Waals surface area contributed by atoms with Gasteiger partial charge in [0.25, 0.3) is 0 Å². The Balaban J connectivity index is 1.52. The summed E-state index contributed by atoms with van der Waals surface area (Å²) < 4.78 is 51.4. The average Bonchev–Trinajstić information content (AvgIpc) is 2.63. The summed E-state index contributed by atoms with van der Waals surface area (Å²) in [5, 5.41) is 3.17. The molecule has 166 valence electrons. The summed E-state index contributed by atoms with van der Waals surface area (Å²) in [5.41, 5.74) is -0.270. The highest BCUT2D eigenvalue weighted by Crippen LogP contribution is 2.55. The Morgan fingerprint density at radius 3 is 2.03 bits per heavy atom. The second-order valence-electron chi connectivity index (χ2n) is 9.59. The molecule has 4 aliphatic rings. The van der Waals surface area contributed by atoms with Gasteiger partial charge in [0.05, 0.1) is 10.6 Å². The highest BCUT2D eigenvalue weighted by atomic mass is 32.2. The van der Waals surface area contributed by atoms with Crippen molar-refractivity contribution in [2.75, 3.05) is 12.0 Å². The summed E-state index contributed by atoms with van der Waals surface area (Å²) in [7, 11) is -7.28. The van der Waals surface area contributed by atoms with Gasteiger partial charge in [-0.15, -0.1) is 0 Å². The Hall–Kier alpha value is -1.45. The van der Waals surface area contributed by atoms with Crippen LogP contribution in [0.2, 0.25) is 0 Å². The smallest absolute Gasteiger partial charge is 0.241 e. The zero-order valence-corrected chi connectivity index (χ0v) is 18.8. The fourth-order valence-electron chi connectivity index (χ4n) is 6.04. The maximum absolute atomic E-state index is 13.2. The van der Waals surface area contributed by atoms with Crippen molar-refractivity contribution in [1.82, 2.24) is 10.0 Å². The van der Waals surface area contributed by atoms with Gasteiger partial charge < -0.3 is 5.32 Å². The lowest BCUT2D eigenvalue weighted by atomic mass is 9.53. The molecule has 4 fully saturated rings. The van der Waals surface area contributed by atoms with Crippen LogP contribution in [0.15, 0.2) is 35.2 Å². The highest BCUT2D eigenvalue weighted by Gasteiger charge is 2.52. The largest absolute Gasteiger partial charge is 0.349 e. The molecule has 0 heterocycles. The van der Waals surface area contributed by atoms with E-state index in [2.05, 4.69) is 10.0 Å². The third kappa shape index (κ3) is 4.89. The zero-order chi connectivity index (χ0) is 21.6. The molecule has 4 aliphatic carbocycles. The first-order valence-corrected chi connectivity index (χ1v) is 14.2. The van der Waals surface area contributed by atoms with Crippen LogP contribution in [0.1, 0.15) is 44.9 Å². The molecular formula is C21H30N2O5S2. The first kappa shape index (κ1) is 21.8. The van der Waals surface area contributed by atoms with Crippen LogP contribution in [0.5, 0.6) is 0 Å². The lowest BCUT2D eigenvalue weighted by molar-refractivity contribution is -0.128. The van der Waals surface area contributed by atoms with Gasteiger partial charge in [0.1, 0.15) is 15.9 Å². The molecule has 0 saturated heterocycles. The van der Waals surface area contributed by atoms with Gasteiger partial charge in [-0.25, -0.2) is 16.8 Å². The van der Waals surface area contributed by atoms with E-state index >= 15 is 0 Å². The molecule has 2 N–H and O–H groups in total. The predicted molar refractivity (Wildman–Crippen MR) is 114 cm³/mol. The Labute approximate surface area is 179 Å². The van der Waals surface area contributed by atoms with Gasteiger partial charge in [0, 0.05) is 11.8 Å². The molecule has 1 amide bonds. The third-order valence-corrected chi connectivity index (χ3v) is 9.34. The Kier molecular flexibility index (Phi) is 5.74. The fraction of sp³-hybridized carbons (Fsp3) is 0.667. The summed E-state index contributed by atoms with van der Waals surface area (Å²) >= 11 is 0. The molecule has 1 atom stereocenters. The minimum absolute atomic E-state index is 0.0527. The Bertz CT molecular complexity index is 970. The van der Waals surface area contributed by atoms with Crippen LogP contribution in [0, 0.1) is 17.8 Å². The summed E-state index contributed by atoms with van der Waals surface area (Å²) in [4.78, 5) is 13.3. The second kappa shape index (κ2) is 7.91. The number of nitrogens with one attached hydrogen (secondary N) is 2. The number of carbonyl (C=O) groups is 1. The van der Waals surface area contributed by atoms with Crippen molar-refractivity contribution in [2.24, 2.45) is 17.8 Å². The van der Waals surface area contributed by atoms with Gasteiger partial charge in [0.15, 0.2) is 0 Å². The number of carbonyl (C=O) groups excluding carboxylic acids is 1. The maximum atomic E-state index is 13.2. The van der Waals surface area contributed by atoms with Crippen LogP contribution in [0.4, 0.5) is 0 Å². The predicted octanol–water partition coefficient (Wildman–Crippen LogP) is 1.85. The molecule has 0 aliphatic heterocycles. The number of rotatable bonds is 8. The van der Waals surface area contributed by atoms with Crippen LogP contribution in [0.25, 0.3) is 0 Å². The van der Waals surface area contributed by atoms with Crippen LogP contribution >= 0.6 is 0 Å². The third-order valence-electron chi connectivity index (χ3n) is 6.87. The number of amides is 1. The normalized spacial score (nSPS) is 31.4. The van der Waals surface area contributed by atoms with Gasteiger partial charge in [0.2, 0.25) is 15.9 Å². The molecule has 30 heavy (non-hydrogen) atoms. The summed E-state index contributed by atoms with van der Waals surface area (Å²) in [5.74, 6) is 1.22. The number of hydrogen-bond acceptors (Lipinski definition) is 5. The molecule has 1 aromatic rings. The summed E-state index contributed by atoms with van der Waals surface area (Å²) in [6, 6.07) is 6.70. The molecule has 0 aromatic heterocycles. The minimum atomic E-state index is -3.94. The van der Waals surface area contributed by atoms with E-state index in [1.165, 1.54) is 31.4 Å². The molecule has 0 spiro atoms. The molecule has 0 radical (unpaired) electrons. The second-order valence-corrected chi connectivity index (χ2v) is 13.6. The van der Waals surface area contributed by atoms with Crippen molar-refractivity contribution in [3.05, 3.63) is 30.3 Å². The topological polar surface area (TPSA) is 109 Å². The molecule has 0 unspecified atom stereocenters. The summed E-state index contributed by atoms with van der Waals surface area (Å²) in [6.45, 7) is 0. The van der Waals surface area contributed by atoms with Gasteiger partial charge in [-0.3, -0.25) is 4.79 Å². The van der Waals surface area contributed by atoms with Crippen molar-refractivity contribution in [3.8, 4) is 0 Å². The van der Waals surface area contributed by atoms with Crippen LogP contribution in [-0.4, -0.2) is 46.3 Å². The standard InChI is InChI=1S/C21H30N2O5S2/c1-29(25,26)8-7-19(23-30(27,28)18-5-3-2-4-6-18)20(24)22-21-12-15-9-16(13-21)11-17(10-15)14-21/h2-6,15-17,19,23H,7-14H2,1H3,(H,22,24)/t15?,16?,17?,19-,21?/m0/s1. The van der Waals surface area contributed by atoms with E-state index in [9.17, 15) is 21.6 Å². The van der Waals surface area contributed by atoms with E-state index in [0.717, 1.165) is 25.5 Å². The van der Waals surface area contributed by atoms with E-state index in [1.54, 1.807) is 18.2 Å². The van der Waals surface area contributed by atoms with E-state index < -0.39 is 31.8 Å². The van der Waals surface area contributed by atoms with Crippen LogP contribution in [-0.2, 0) is 24.7 Å². The van der Waals surface area contributed by atoms with E-state index in [0.29, 0.717) is 17.8 Å². The average molecular weight is 455 g/mol. The lowest BCUT2D eigenvalue weighted by Crippen LogP contribution is -2.62. The maximum Gasteiger partial charge on any atom is 0.241 e. The van der Waals surface area contributed by atoms with Crippen molar-refractivity contribution in [2.45, 2.75) is 61.4 Å². The van der Waals surface area contributed by atoms with E-state index in [4.69, 9.17) is 0 Å².